The number of carbonyl (C=O) groups excluding carboxylic acids is 2. The number of thiazole rings is 1. The number of hydrogen-bond acceptors (Lipinski definition) is 4. The van der Waals surface area contributed by atoms with Crippen LogP contribution in [0.15, 0.2) is 18.2 Å². The van der Waals surface area contributed by atoms with Crippen molar-refractivity contribution < 1.29 is 9.59 Å². The predicted octanol–water partition coefficient (Wildman–Crippen LogP) is 4.17. The number of benzene rings is 1. The largest absolute Gasteiger partial charge is 0.298 e. The molecule has 1 aromatic heterocycles. The van der Waals surface area contributed by atoms with Crippen molar-refractivity contribution in [2.45, 2.75) is 40.5 Å². The van der Waals surface area contributed by atoms with Crippen molar-refractivity contribution in [3.05, 3.63) is 45.5 Å². The van der Waals surface area contributed by atoms with Crippen molar-refractivity contribution in [2.24, 2.45) is 5.41 Å². The Kier molecular flexibility index (Phi) is 3.84. The maximum Gasteiger partial charge on any atom is 0.257 e. The van der Waals surface area contributed by atoms with Crippen LogP contribution < -0.4 is 5.32 Å². The lowest BCUT2D eigenvalue weighted by atomic mass is 9.78. The normalized spacial score (nSPS) is 16.1. The topological polar surface area (TPSA) is 59.1 Å². The van der Waals surface area contributed by atoms with E-state index in [0.29, 0.717) is 22.0 Å². The van der Waals surface area contributed by atoms with Gasteiger partial charge in [-0.25, -0.2) is 4.98 Å². The second kappa shape index (κ2) is 5.57. The molecular formula is C18H20N2O2S. The minimum atomic E-state index is -0.189. The third kappa shape index (κ3) is 3.20. The molecule has 1 N–H and O–H groups in total. The lowest BCUT2D eigenvalue weighted by Gasteiger charge is -2.26. The maximum atomic E-state index is 12.4. The molecule has 1 aliphatic rings. The zero-order valence-corrected chi connectivity index (χ0v) is 14.6. The lowest BCUT2D eigenvalue weighted by Crippen LogP contribution is -2.26. The number of anilines is 1. The zero-order chi connectivity index (χ0) is 16.8. The first kappa shape index (κ1) is 15.9. The number of nitrogens with zero attached hydrogens (tertiary/aromatic N) is 1. The first-order chi connectivity index (χ1) is 10.7. The standard InChI is InChI=1S/C18H20N2O2S/c1-10-5-6-12(7-11(10)2)16(22)20-17-19-13-8-18(3,4)9-14(21)15(13)23-17/h5-7H,8-9H2,1-4H3,(H,19,20,22). The molecule has 1 amide bonds. The number of carbonyl (C=O) groups is 2. The van der Waals surface area contributed by atoms with E-state index < -0.39 is 0 Å². The smallest absolute Gasteiger partial charge is 0.257 e. The van der Waals surface area contributed by atoms with E-state index in [1.165, 1.54) is 11.3 Å². The molecule has 4 nitrogen and oxygen atoms in total. The molecule has 3 rings (SSSR count). The third-order valence-electron chi connectivity index (χ3n) is 4.23. The van der Waals surface area contributed by atoms with Crippen LogP contribution in [0.25, 0.3) is 0 Å². The van der Waals surface area contributed by atoms with E-state index in [1.54, 1.807) is 6.07 Å². The van der Waals surface area contributed by atoms with Gasteiger partial charge in [0.1, 0.15) is 0 Å². The summed E-state index contributed by atoms with van der Waals surface area (Å²) in [6.45, 7) is 8.13. The van der Waals surface area contributed by atoms with Gasteiger partial charge in [-0.1, -0.05) is 31.3 Å². The molecule has 0 atom stereocenters. The van der Waals surface area contributed by atoms with Crippen molar-refractivity contribution in [1.29, 1.82) is 0 Å². The van der Waals surface area contributed by atoms with Crippen LogP contribution in [0.2, 0.25) is 0 Å². The molecule has 1 aliphatic carbocycles. The average Bonchev–Trinajstić information content (AvgIpc) is 2.83. The zero-order valence-electron chi connectivity index (χ0n) is 13.8. The van der Waals surface area contributed by atoms with Gasteiger partial charge in [0.15, 0.2) is 10.9 Å². The Balaban J connectivity index is 1.83. The molecule has 2 aromatic rings. The van der Waals surface area contributed by atoms with Crippen molar-refractivity contribution in [3.8, 4) is 0 Å². The van der Waals surface area contributed by atoms with E-state index in [1.807, 2.05) is 26.0 Å². The molecule has 0 aliphatic heterocycles. The summed E-state index contributed by atoms with van der Waals surface area (Å²) in [7, 11) is 0. The number of amides is 1. The fourth-order valence-corrected chi connectivity index (χ4v) is 3.74. The summed E-state index contributed by atoms with van der Waals surface area (Å²) in [5.41, 5.74) is 3.58. The highest BCUT2D eigenvalue weighted by molar-refractivity contribution is 7.17. The summed E-state index contributed by atoms with van der Waals surface area (Å²) < 4.78 is 0. The van der Waals surface area contributed by atoms with Crippen LogP contribution in [0.5, 0.6) is 0 Å². The van der Waals surface area contributed by atoms with Gasteiger partial charge in [-0.15, -0.1) is 0 Å². The van der Waals surface area contributed by atoms with Gasteiger partial charge in [0, 0.05) is 12.0 Å². The Morgan fingerprint density at radius 2 is 1.96 bits per heavy atom. The Hall–Kier alpha value is -2.01. The number of Topliss-reactive ketones (excluding diaryl/α,β-unsaturated/α-hetero) is 1. The Morgan fingerprint density at radius 1 is 1.22 bits per heavy atom. The fourth-order valence-electron chi connectivity index (χ4n) is 2.83. The lowest BCUT2D eigenvalue weighted by molar-refractivity contribution is 0.0915. The highest BCUT2D eigenvalue weighted by atomic mass is 32.1. The van der Waals surface area contributed by atoms with E-state index in [2.05, 4.69) is 24.1 Å². The summed E-state index contributed by atoms with van der Waals surface area (Å²) in [5.74, 6) is -0.0636. The van der Waals surface area contributed by atoms with Gasteiger partial charge in [-0.05, 0) is 48.9 Å². The molecule has 0 saturated heterocycles. The summed E-state index contributed by atoms with van der Waals surface area (Å²) in [6, 6.07) is 5.61. The molecule has 5 heteroatoms. The van der Waals surface area contributed by atoms with Crippen molar-refractivity contribution in [1.82, 2.24) is 4.98 Å². The minimum Gasteiger partial charge on any atom is -0.298 e. The second-order valence-corrected chi connectivity index (χ2v) is 7.99. The molecule has 1 aromatic carbocycles. The molecule has 0 spiro atoms. The molecule has 0 saturated carbocycles. The van der Waals surface area contributed by atoms with Crippen LogP contribution in [0.1, 0.15) is 57.1 Å². The first-order valence-electron chi connectivity index (χ1n) is 7.67. The van der Waals surface area contributed by atoms with Gasteiger partial charge in [0.2, 0.25) is 0 Å². The molecule has 0 bridgehead atoms. The summed E-state index contributed by atoms with van der Waals surface area (Å²) in [5, 5.41) is 3.33. The van der Waals surface area contributed by atoms with Crippen LogP contribution in [0, 0.1) is 19.3 Å². The van der Waals surface area contributed by atoms with Gasteiger partial charge in [0.25, 0.3) is 5.91 Å². The number of fused-ring (bicyclic) bond motifs is 1. The van der Waals surface area contributed by atoms with Gasteiger partial charge in [-0.3, -0.25) is 14.9 Å². The number of nitrogens with one attached hydrogen (secondary N) is 1. The van der Waals surface area contributed by atoms with Crippen LogP contribution in [-0.4, -0.2) is 16.7 Å². The van der Waals surface area contributed by atoms with Crippen molar-refractivity contribution >= 4 is 28.2 Å². The highest BCUT2D eigenvalue weighted by Crippen LogP contribution is 2.38. The Morgan fingerprint density at radius 3 is 2.65 bits per heavy atom. The van der Waals surface area contributed by atoms with Gasteiger partial charge >= 0.3 is 0 Å². The number of ketones is 1. The fraction of sp³-hybridized carbons (Fsp3) is 0.389. The Bertz CT molecular complexity index is 805. The van der Waals surface area contributed by atoms with Crippen LogP contribution in [-0.2, 0) is 6.42 Å². The minimum absolute atomic E-state index is 0.0620. The maximum absolute atomic E-state index is 12.4. The van der Waals surface area contributed by atoms with E-state index in [4.69, 9.17) is 0 Å². The third-order valence-corrected chi connectivity index (χ3v) is 5.28. The summed E-state index contributed by atoms with van der Waals surface area (Å²) in [4.78, 5) is 29.7. The van der Waals surface area contributed by atoms with Crippen LogP contribution >= 0.6 is 11.3 Å². The van der Waals surface area contributed by atoms with Gasteiger partial charge in [0.05, 0.1) is 10.6 Å². The van der Waals surface area contributed by atoms with E-state index >= 15 is 0 Å². The molecule has 0 radical (unpaired) electrons. The van der Waals surface area contributed by atoms with E-state index in [9.17, 15) is 9.59 Å². The SMILES string of the molecule is Cc1ccc(C(=O)Nc2nc3c(s2)C(=O)CC(C)(C)C3)cc1C. The summed E-state index contributed by atoms with van der Waals surface area (Å²) >= 11 is 1.28. The highest BCUT2D eigenvalue weighted by Gasteiger charge is 2.34. The molecule has 0 unspecified atom stereocenters. The molecule has 0 fully saturated rings. The van der Waals surface area contributed by atoms with Gasteiger partial charge in [-0.2, -0.15) is 0 Å². The molecule has 23 heavy (non-hydrogen) atoms. The second-order valence-electron chi connectivity index (χ2n) is 6.99. The molecule has 1 heterocycles. The van der Waals surface area contributed by atoms with Crippen LogP contribution in [0.4, 0.5) is 5.13 Å². The van der Waals surface area contributed by atoms with Crippen molar-refractivity contribution in [3.63, 3.8) is 0 Å². The number of aromatic nitrogens is 1. The number of rotatable bonds is 2. The number of hydrogen-bond donors (Lipinski definition) is 1. The van der Waals surface area contributed by atoms with Gasteiger partial charge < -0.3 is 0 Å². The predicted molar refractivity (Wildman–Crippen MR) is 92.4 cm³/mol. The van der Waals surface area contributed by atoms with Crippen LogP contribution in [0.3, 0.4) is 0 Å². The molecular weight excluding hydrogens is 308 g/mol. The Labute approximate surface area is 140 Å². The quantitative estimate of drug-likeness (QED) is 0.900. The van der Waals surface area contributed by atoms with E-state index in [0.717, 1.165) is 23.2 Å². The number of aryl methyl sites for hydroxylation is 2. The average molecular weight is 328 g/mol. The monoisotopic (exact) mass is 328 g/mol. The summed E-state index contributed by atoms with van der Waals surface area (Å²) in [6.07, 6.45) is 1.30. The molecule has 120 valence electrons. The van der Waals surface area contributed by atoms with E-state index in [-0.39, 0.29) is 17.1 Å². The first-order valence-corrected chi connectivity index (χ1v) is 8.48. The van der Waals surface area contributed by atoms with Crippen molar-refractivity contribution in [2.75, 3.05) is 5.32 Å².